The second kappa shape index (κ2) is 6.58. The monoisotopic (exact) mass is 265 g/mol. The summed E-state index contributed by atoms with van der Waals surface area (Å²) in [7, 11) is 0. The number of rotatable bonds is 4. The molecule has 2 heteroatoms. The highest BCUT2D eigenvalue weighted by atomic mass is 35.5. The van der Waals surface area contributed by atoms with Crippen LogP contribution in [0.1, 0.15) is 51.1 Å². The number of hydrogen-bond acceptors (Lipinski definition) is 1. The van der Waals surface area contributed by atoms with Crippen LogP contribution in [-0.2, 0) is 0 Å². The summed E-state index contributed by atoms with van der Waals surface area (Å²) >= 11 is 5.98. The van der Waals surface area contributed by atoms with E-state index in [1.54, 1.807) is 0 Å². The van der Waals surface area contributed by atoms with E-state index in [4.69, 9.17) is 11.6 Å². The summed E-state index contributed by atoms with van der Waals surface area (Å²) in [5, 5.41) is 4.49. The molecular weight excluding hydrogens is 242 g/mol. The van der Waals surface area contributed by atoms with E-state index in [1.165, 1.54) is 31.2 Å². The number of nitrogens with one attached hydrogen (secondary N) is 1. The Morgan fingerprint density at radius 1 is 1.17 bits per heavy atom. The molecule has 0 radical (unpaired) electrons. The number of benzene rings is 1. The van der Waals surface area contributed by atoms with Crippen LogP contribution < -0.4 is 5.32 Å². The van der Waals surface area contributed by atoms with Crippen molar-refractivity contribution in [3.05, 3.63) is 34.9 Å². The highest BCUT2D eigenvalue weighted by Gasteiger charge is 2.26. The molecule has 1 fully saturated rings. The molecule has 1 aliphatic carbocycles. The Hall–Kier alpha value is -0.530. The third-order valence-corrected chi connectivity index (χ3v) is 4.44. The van der Waals surface area contributed by atoms with Crippen LogP contribution >= 0.6 is 11.6 Å². The minimum absolute atomic E-state index is 0.500. The smallest absolute Gasteiger partial charge is 0.0406 e. The fourth-order valence-electron chi connectivity index (χ4n) is 3.07. The molecule has 1 atom stereocenters. The zero-order valence-corrected chi connectivity index (χ0v) is 12.2. The molecule has 1 N–H and O–H groups in total. The van der Waals surface area contributed by atoms with Crippen molar-refractivity contribution in [1.82, 2.24) is 5.32 Å². The maximum atomic E-state index is 5.98. The van der Waals surface area contributed by atoms with Crippen molar-refractivity contribution in [3.8, 4) is 0 Å². The fraction of sp³-hybridized carbons (Fsp3) is 0.625. The Kier molecular flexibility index (Phi) is 5.08. The van der Waals surface area contributed by atoms with Crippen LogP contribution in [0.2, 0.25) is 5.02 Å². The Bertz CT molecular complexity index is 352. The molecule has 1 nitrogen and oxygen atoms in total. The largest absolute Gasteiger partial charge is 0.310 e. The SMILES string of the molecule is CCNC(c1ccc(Cl)cc1)C1CCC(C)CC1. The first-order valence-corrected chi connectivity index (χ1v) is 7.57. The van der Waals surface area contributed by atoms with Crippen molar-refractivity contribution < 1.29 is 0 Å². The van der Waals surface area contributed by atoms with Gasteiger partial charge in [-0.1, -0.05) is 50.4 Å². The highest BCUT2D eigenvalue weighted by Crippen LogP contribution is 2.36. The van der Waals surface area contributed by atoms with Crippen molar-refractivity contribution in [3.63, 3.8) is 0 Å². The molecule has 1 aliphatic rings. The standard InChI is InChI=1S/C16H24ClN/c1-3-18-16(13-6-4-12(2)5-7-13)14-8-10-15(17)11-9-14/h8-13,16,18H,3-7H2,1-2H3. The summed E-state index contributed by atoms with van der Waals surface area (Å²) in [6.45, 7) is 5.59. The van der Waals surface area contributed by atoms with Gasteiger partial charge in [0, 0.05) is 11.1 Å². The van der Waals surface area contributed by atoms with E-state index in [0.717, 1.165) is 23.4 Å². The van der Waals surface area contributed by atoms with Gasteiger partial charge in [-0.15, -0.1) is 0 Å². The maximum absolute atomic E-state index is 5.98. The molecule has 1 saturated carbocycles. The molecule has 0 aromatic heterocycles. The molecule has 1 aromatic rings. The maximum Gasteiger partial charge on any atom is 0.0406 e. The summed E-state index contributed by atoms with van der Waals surface area (Å²) in [6.07, 6.45) is 5.45. The Morgan fingerprint density at radius 3 is 2.33 bits per heavy atom. The van der Waals surface area contributed by atoms with Crippen molar-refractivity contribution >= 4 is 11.6 Å². The first-order valence-electron chi connectivity index (χ1n) is 7.19. The summed E-state index contributed by atoms with van der Waals surface area (Å²) in [4.78, 5) is 0. The quantitative estimate of drug-likeness (QED) is 0.823. The van der Waals surface area contributed by atoms with Crippen LogP contribution in [0.25, 0.3) is 0 Å². The van der Waals surface area contributed by atoms with Gasteiger partial charge >= 0.3 is 0 Å². The van der Waals surface area contributed by atoms with E-state index in [9.17, 15) is 0 Å². The predicted molar refractivity (Wildman–Crippen MR) is 79.0 cm³/mol. The zero-order chi connectivity index (χ0) is 13.0. The molecule has 0 amide bonds. The van der Waals surface area contributed by atoms with Gasteiger partial charge < -0.3 is 5.32 Å². The summed E-state index contributed by atoms with van der Waals surface area (Å²) in [5.74, 6) is 1.69. The van der Waals surface area contributed by atoms with Crippen molar-refractivity contribution in [2.45, 2.75) is 45.6 Å². The van der Waals surface area contributed by atoms with E-state index in [-0.39, 0.29) is 0 Å². The van der Waals surface area contributed by atoms with E-state index >= 15 is 0 Å². The van der Waals surface area contributed by atoms with Crippen LogP contribution in [-0.4, -0.2) is 6.54 Å². The topological polar surface area (TPSA) is 12.0 Å². The van der Waals surface area contributed by atoms with E-state index in [0.29, 0.717) is 6.04 Å². The van der Waals surface area contributed by atoms with Gasteiger partial charge in [-0.25, -0.2) is 0 Å². The van der Waals surface area contributed by atoms with E-state index < -0.39 is 0 Å². The number of halogens is 1. The zero-order valence-electron chi connectivity index (χ0n) is 11.5. The van der Waals surface area contributed by atoms with E-state index in [2.05, 4.69) is 31.3 Å². The predicted octanol–water partition coefficient (Wildman–Crippen LogP) is 4.82. The van der Waals surface area contributed by atoms with Gasteiger partial charge in [-0.05, 0) is 48.9 Å². The van der Waals surface area contributed by atoms with Crippen LogP contribution in [0.5, 0.6) is 0 Å². The Balaban J connectivity index is 2.09. The molecule has 0 spiro atoms. The van der Waals surface area contributed by atoms with Crippen LogP contribution in [0.3, 0.4) is 0 Å². The van der Waals surface area contributed by atoms with E-state index in [1.807, 2.05) is 12.1 Å². The first-order chi connectivity index (χ1) is 8.70. The Labute approximate surface area is 116 Å². The molecule has 0 heterocycles. The third kappa shape index (κ3) is 3.49. The van der Waals surface area contributed by atoms with Crippen LogP contribution in [0.15, 0.2) is 24.3 Å². The Morgan fingerprint density at radius 2 is 1.78 bits per heavy atom. The summed E-state index contributed by atoms with van der Waals surface area (Å²) in [5.41, 5.74) is 1.39. The average molecular weight is 266 g/mol. The fourth-order valence-corrected chi connectivity index (χ4v) is 3.19. The van der Waals surface area contributed by atoms with Crippen molar-refractivity contribution in [2.24, 2.45) is 11.8 Å². The van der Waals surface area contributed by atoms with Gasteiger partial charge in [0.2, 0.25) is 0 Å². The minimum Gasteiger partial charge on any atom is -0.310 e. The third-order valence-electron chi connectivity index (χ3n) is 4.19. The lowest BCUT2D eigenvalue weighted by Gasteiger charge is -2.33. The minimum atomic E-state index is 0.500. The second-order valence-corrected chi connectivity index (χ2v) is 6.04. The lowest BCUT2D eigenvalue weighted by atomic mass is 9.77. The molecule has 100 valence electrons. The normalized spacial score (nSPS) is 25.9. The highest BCUT2D eigenvalue weighted by molar-refractivity contribution is 6.30. The lowest BCUT2D eigenvalue weighted by Crippen LogP contribution is -2.30. The molecule has 18 heavy (non-hydrogen) atoms. The number of hydrogen-bond donors (Lipinski definition) is 1. The first kappa shape index (κ1) is 13.9. The van der Waals surface area contributed by atoms with Crippen LogP contribution in [0.4, 0.5) is 0 Å². The van der Waals surface area contributed by atoms with Gasteiger partial charge in [0.25, 0.3) is 0 Å². The second-order valence-electron chi connectivity index (χ2n) is 5.61. The molecule has 0 saturated heterocycles. The average Bonchev–Trinajstić information content (AvgIpc) is 2.39. The molecule has 2 rings (SSSR count). The van der Waals surface area contributed by atoms with Gasteiger partial charge in [-0.3, -0.25) is 0 Å². The molecule has 1 unspecified atom stereocenters. The molecule has 0 bridgehead atoms. The van der Waals surface area contributed by atoms with Gasteiger partial charge in [0.1, 0.15) is 0 Å². The van der Waals surface area contributed by atoms with Gasteiger partial charge in [-0.2, -0.15) is 0 Å². The summed E-state index contributed by atoms with van der Waals surface area (Å²) < 4.78 is 0. The lowest BCUT2D eigenvalue weighted by molar-refractivity contribution is 0.233. The van der Waals surface area contributed by atoms with Crippen molar-refractivity contribution in [1.29, 1.82) is 0 Å². The molecule has 1 aromatic carbocycles. The van der Waals surface area contributed by atoms with Crippen molar-refractivity contribution in [2.75, 3.05) is 6.54 Å². The van der Waals surface area contributed by atoms with Gasteiger partial charge in [0.15, 0.2) is 0 Å². The van der Waals surface area contributed by atoms with Crippen LogP contribution in [0, 0.1) is 11.8 Å². The molecule has 0 aliphatic heterocycles. The summed E-state index contributed by atoms with van der Waals surface area (Å²) in [6, 6.07) is 8.86. The van der Waals surface area contributed by atoms with Gasteiger partial charge in [0.05, 0.1) is 0 Å². The molecular formula is C16H24ClN.